The van der Waals surface area contributed by atoms with Gasteiger partial charge in [0.2, 0.25) is 0 Å². The molecule has 0 spiro atoms. The van der Waals surface area contributed by atoms with Gasteiger partial charge in [0.1, 0.15) is 0 Å². The molecule has 25 heavy (non-hydrogen) atoms. The van der Waals surface area contributed by atoms with Crippen LogP contribution in [0.2, 0.25) is 0 Å². The molecule has 2 aromatic rings. The van der Waals surface area contributed by atoms with Gasteiger partial charge in [0, 0.05) is 30.6 Å². The number of hydrogen-bond donors (Lipinski definition) is 0. The van der Waals surface area contributed by atoms with Crippen molar-refractivity contribution < 1.29 is 18.0 Å². The monoisotopic (exact) mass is 366 g/mol. The second-order valence-corrected chi connectivity index (χ2v) is 6.86. The molecule has 1 aromatic carbocycles. The normalized spacial score (nSPS) is 14.8. The molecular weight excluding hydrogens is 349 g/mol. The first-order valence-electron chi connectivity index (χ1n) is 7.98. The van der Waals surface area contributed by atoms with Crippen LogP contribution in [-0.4, -0.2) is 28.9 Å². The van der Waals surface area contributed by atoms with E-state index < -0.39 is 11.7 Å². The lowest BCUT2D eigenvalue weighted by Gasteiger charge is -2.15. The van der Waals surface area contributed by atoms with Crippen LogP contribution in [0.3, 0.4) is 0 Å². The van der Waals surface area contributed by atoms with E-state index in [-0.39, 0.29) is 5.91 Å². The van der Waals surface area contributed by atoms with Gasteiger partial charge >= 0.3 is 6.18 Å². The average Bonchev–Trinajstić information content (AvgIpc) is 3.14. The summed E-state index contributed by atoms with van der Waals surface area (Å²) in [6.07, 6.45) is -1.41. The molecule has 3 rings (SSSR count). The number of hydrogen-bond acceptors (Lipinski definition) is 3. The van der Waals surface area contributed by atoms with Gasteiger partial charge in [-0.2, -0.15) is 13.2 Å². The second-order valence-electron chi connectivity index (χ2n) is 5.87. The van der Waals surface area contributed by atoms with Crippen molar-refractivity contribution >= 4 is 17.7 Å². The molecule has 0 radical (unpaired) electrons. The van der Waals surface area contributed by atoms with Crippen LogP contribution < -0.4 is 0 Å². The minimum atomic E-state index is -4.37. The maximum Gasteiger partial charge on any atom is 0.417 e. The highest BCUT2D eigenvalue weighted by Crippen LogP contribution is 2.30. The zero-order valence-electron chi connectivity index (χ0n) is 13.4. The van der Waals surface area contributed by atoms with Crippen LogP contribution in [0.1, 0.15) is 34.3 Å². The van der Waals surface area contributed by atoms with Crippen molar-refractivity contribution in [3.05, 3.63) is 59.3 Å². The molecule has 0 N–H and O–H groups in total. The molecule has 1 aromatic heterocycles. The number of rotatable bonds is 4. The number of amides is 1. The minimum absolute atomic E-state index is 0.0566. The summed E-state index contributed by atoms with van der Waals surface area (Å²) in [5.41, 5.74) is 0.912. The lowest BCUT2D eigenvalue weighted by molar-refractivity contribution is -0.137. The fraction of sp³-hybridized carbons (Fsp3) is 0.333. The van der Waals surface area contributed by atoms with Crippen molar-refractivity contribution in [2.24, 2.45) is 0 Å². The highest BCUT2D eigenvalue weighted by Gasteiger charge is 2.30. The Hall–Kier alpha value is -2.02. The Labute approximate surface area is 148 Å². The van der Waals surface area contributed by atoms with E-state index in [1.54, 1.807) is 12.1 Å². The van der Waals surface area contributed by atoms with E-state index in [1.807, 2.05) is 17.0 Å². The Bertz CT molecular complexity index is 723. The minimum Gasteiger partial charge on any atom is -0.339 e. The molecule has 0 bridgehead atoms. The maximum absolute atomic E-state index is 12.5. The lowest BCUT2D eigenvalue weighted by atomic mass is 10.1. The molecule has 1 fully saturated rings. The smallest absolute Gasteiger partial charge is 0.339 e. The summed E-state index contributed by atoms with van der Waals surface area (Å²) in [5, 5.41) is 0.533. The quantitative estimate of drug-likeness (QED) is 0.740. The molecule has 0 aliphatic carbocycles. The zero-order chi connectivity index (χ0) is 17.9. The molecule has 7 heteroatoms. The van der Waals surface area contributed by atoms with Crippen LogP contribution in [-0.2, 0) is 11.9 Å². The van der Waals surface area contributed by atoms with E-state index in [0.29, 0.717) is 16.3 Å². The number of carbonyl (C=O) groups is 1. The highest BCUT2D eigenvalue weighted by molar-refractivity contribution is 7.98. The number of aromatic nitrogens is 1. The number of benzene rings is 1. The summed E-state index contributed by atoms with van der Waals surface area (Å²) in [6.45, 7) is 1.63. The Morgan fingerprint density at radius 3 is 2.32 bits per heavy atom. The SMILES string of the molecule is O=C(c1ccc(CSc2ccc(C(F)(F)F)cn2)cc1)N1CCCC1. The van der Waals surface area contributed by atoms with E-state index in [1.165, 1.54) is 17.8 Å². The van der Waals surface area contributed by atoms with Gasteiger partial charge in [0.25, 0.3) is 5.91 Å². The Morgan fingerprint density at radius 2 is 1.76 bits per heavy atom. The van der Waals surface area contributed by atoms with Gasteiger partial charge in [-0.05, 0) is 42.7 Å². The lowest BCUT2D eigenvalue weighted by Crippen LogP contribution is -2.27. The fourth-order valence-electron chi connectivity index (χ4n) is 2.64. The van der Waals surface area contributed by atoms with Crippen molar-refractivity contribution in [3.8, 4) is 0 Å². The van der Waals surface area contributed by atoms with Crippen LogP contribution in [0.25, 0.3) is 0 Å². The number of thioether (sulfide) groups is 1. The Morgan fingerprint density at radius 1 is 1.08 bits per heavy atom. The third-order valence-corrected chi connectivity index (χ3v) is 5.06. The molecule has 3 nitrogen and oxygen atoms in total. The van der Waals surface area contributed by atoms with E-state index >= 15 is 0 Å². The number of carbonyl (C=O) groups excluding carboxylic acids is 1. The molecule has 0 unspecified atom stereocenters. The summed E-state index contributed by atoms with van der Waals surface area (Å²) >= 11 is 1.36. The second kappa shape index (κ2) is 7.47. The van der Waals surface area contributed by atoms with Crippen LogP contribution >= 0.6 is 11.8 Å². The summed E-state index contributed by atoms with van der Waals surface area (Å²) in [6, 6.07) is 9.76. The third-order valence-electron chi connectivity index (χ3n) is 4.04. The number of nitrogens with zero attached hydrogens (tertiary/aromatic N) is 2. The summed E-state index contributed by atoms with van der Waals surface area (Å²) in [5.74, 6) is 0.636. The van der Waals surface area contributed by atoms with Crippen molar-refractivity contribution in [2.75, 3.05) is 13.1 Å². The molecule has 1 saturated heterocycles. The van der Waals surface area contributed by atoms with Crippen molar-refractivity contribution in [1.29, 1.82) is 0 Å². The fourth-order valence-corrected chi connectivity index (χ4v) is 3.44. The standard InChI is InChI=1S/C18H17F3N2OS/c19-18(20,21)15-7-8-16(22-11-15)25-12-13-3-5-14(6-4-13)17(24)23-9-1-2-10-23/h3-8,11H,1-2,9-10,12H2. The summed E-state index contributed by atoms with van der Waals surface area (Å²) in [7, 11) is 0. The first-order valence-corrected chi connectivity index (χ1v) is 8.96. The molecular formula is C18H17F3N2OS. The van der Waals surface area contributed by atoms with Gasteiger partial charge in [0.05, 0.1) is 10.6 Å². The van der Waals surface area contributed by atoms with Crippen LogP contribution in [0.4, 0.5) is 13.2 Å². The number of alkyl halides is 3. The van der Waals surface area contributed by atoms with Crippen molar-refractivity contribution in [3.63, 3.8) is 0 Å². The van der Waals surface area contributed by atoms with Crippen LogP contribution in [0.5, 0.6) is 0 Å². The molecule has 1 amide bonds. The first-order chi connectivity index (χ1) is 11.9. The van der Waals surface area contributed by atoms with Gasteiger partial charge in [0.15, 0.2) is 0 Å². The van der Waals surface area contributed by atoms with Gasteiger partial charge in [-0.15, -0.1) is 11.8 Å². The molecule has 1 aliphatic heterocycles. The van der Waals surface area contributed by atoms with Crippen LogP contribution in [0, 0.1) is 0 Å². The number of likely N-dealkylation sites (tertiary alicyclic amines) is 1. The largest absolute Gasteiger partial charge is 0.417 e. The molecule has 0 atom stereocenters. The van der Waals surface area contributed by atoms with E-state index in [9.17, 15) is 18.0 Å². The zero-order valence-corrected chi connectivity index (χ0v) is 14.2. The molecule has 1 aliphatic rings. The van der Waals surface area contributed by atoms with Gasteiger partial charge < -0.3 is 4.90 Å². The Balaban J connectivity index is 1.57. The topological polar surface area (TPSA) is 33.2 Å². The number of pyridine rings is 1. The molecule has 2 heterocycles. The Kier molecular flexibility index (Phi) is 5.32. The predicted molar refractivity (Wildman–Crippen MR) is 90.4 cm³/mol. The molecule has 0 saturated carbocycles. The van der Waals surface area contributed by atoms with Gasteiger partial charge in [-0.25, -0.2) is 4.98 Å². The van der Waals surface area contributed by atoms with Crippen LogP contribution in [0.15, 0.2) is 47.6 Å². The third kappa shape index (κ3) is 4.54. The van der Waals surface area contributed by atoms with Crippen molar-refractivity contribution in [2.45, 2.75) is 29.8 Å². The van der Waals surface area contributed by atoms with Gasteiger partial charge in [-0.3, -0.25) is 4.79 Å². The van der Waals surface area contributed by atoms with E-state index in [4.69, 9.17) is 0 Å². The summed E-state index contributed by atoms with van der Waals surface area (Å²) in [4.78, 5) is 18.0. The molecule has 132 valence electrons. The van der Waals surface area contributed by atoms with Gasteiger partial charge in [-0.1, -0.05) is 12.1 Å². The summed E-state index contributed by atoms with van der Waals surface area (Å²) < 4.78 is 37.5. The highest BCUT2D eigenvalue weighted by atomic mass is 32.2. The van der Waals surface area contributed by atoms with E-state index in [2.05, 4.69) is 4.98 Å². The average molecular weight is 366 g/mol. The van der Waals surface area contributed by atoms with E-state index in [0.717, 1.165) is 43.8 Å². The van der Waals surface area contributed by atoms with Crippen molar-refractivity contribution in [1.82, 2.24) is 9.88 Å². The predicted octanol–water partition coefficient (Wildman–Crippen LogP) is 4.63. The number of halogens is 3. The first kappa shape index (κ1) is 17.8. The maximum atomic E-state index is 12.5.